The fourth-order valence-electron chi connectivity index (χ4n) is 0.862. The monoisotopic (exact) mass is 177 g/mol. The molecule has 0 saturated carbocycles. The van der Waals surface area contributed by atoms with Gasteiger partial charge in [0.2, 0.25) is 0 Å². The van der Waals surface area contributed by atoms with Crippen LogP contribution in [-0.4, -0.2) is 19.0 Å². The minimum absolute atomic E-state index is 0.204. The van der Waals surface area contributed by atoms with Crippen LogP contribution in [0.5, 0.6) is 0 Å². The summed E-state index contributed by atoms with van der Waals surface area (Å²) in [4.78, 5) is 4.32. The molecule has 0 aliphatic rings. The molecule has 0 aromatic heterocycles. The first kappa shape index (κ1) is 12.5. The molecule has 2 radical (unpaired) electrons. The summed E-state index contributed by atoms with van der Waals surface area (Å²) in [6.07, 6.45) is 4.16. The highest BCUT2D eigenvalue weighted by Gasteiger charge is 2.07. The van der Waals surface area contributed by atoms with Crippen molar-refractivity contribution in [2.24, 2.45) is 10.4 Å². The second kappa shape index (κ2) is 4.12. The van der Waals surface area contributed by atoms with Crippen molar-refractivity contribution in [3.8, 4) is 0 Å². The molecule has 0 aliphatic carbocycles. The molecule has 0 aliphatic heterocycles. The Hall–Kier alpha value is -0.525. The summed E-state index contributed by atoms with van der Waals surface area (Å²) in [6.45, 7) is 12.2. The molecule has 0 atom stereocenters. The number of hydrogen-bond acceptors (Lipinski definition) is 1. The zero-order valence-corrected chi connectivity index (χ0v) is 9.68. The van der Waals surface area contributed by atoms with Gasteiger partial charge in [-0.1, -0.05) is 26.8 Å². The molecule has 72 valence electrons. The lowest BCUT2D eigenvalue weighted by molar-refractivity contribution is 0.544. The maximum atomic E-state index is 5.75. The van der Waals surface area contributed by atoms with Gasteiger partial charge in [-0.15, -0.1) is 0 Å². The van der Waals surface area contributed by atoms with Crippen LogP contribution in [-0.2, 0) is 0 Å². The number of aliphatic imine (C=N–C) groups is 1. The van der Waals surface area contributed by atoms with Gasteiger partial charge in [0.05, 0.1) is 0 Å². The maximum Gasteiger partial charge on any atom is 0.106 e. The van der Waals surface area contributed by atoms with Crippen molar-refractivity contribution in [1.29, 1.82) is 0 Å². The first-order chi connectivity index (χ1) is 5.60. The lowest BCUT2D eigenvalue weighted by atomic mass is 9.82. The Bertz CT molecular complexity index is 213. The Morgan fingerprint density at radius 3 is 1.92 bits per heavy atom. The Balaban J connectivity index is 4.40. The van der Waals surface area contributed by atoms with Crippen LogP contribution in [0.4, 0.5) is 0 Å². The van der Waals surface area contributed by atoms with Gasteiger partial charge in [-0.2, -0.15) is 0 Å². The normalized spacial score (nSPS) is 15.4. The SMILES string of the molecule is [B]C(C)(C)N=C(C)/C=C\C(C)(C)C. The van der Waals surface area contributed by atoms with Crippen LogP contribution in [0.15, 0.2) is 17.1 Å². The van der Waals surface area contributed by atoms with E-state index in [1.807, 2.05) is 26.8 Å². The van der Waals surface area contributed by atoms with E-state index in [0.29, 0.717) is 0 Å². The van der Waals surface area contributed by atoms with Gasteiger partial charge in [0.1, 0.15) is 7.85 Å². The van der Waals surface area contributed by atoms with E-state index in [0.717, 1.165) is 5.71 Å². The van der Waals surface area contributed by atoms with Gasteiger partial charge >= 0.3 is 0 Å². The predicted octanol–water partition coefficient (Wildman–Crippen LogP) is 2.95. The van der Waals surface area contributed by atoms with E-state index < -0.39 is 5.44 Å². The van der Waals surface area contributed by atoms with Crippen LogP contribution in [0.2, 0.25) is 0 Å². The summed E-state index contributed by atoms with van der Waals surface area (Å²) in [5, 5.41) is 0. The van der Waals surface area contributed by atoms with Gasteiger partial charge < -0.3 is 0 Å². The predicted molar refractivity (Wildman–Crippen MR) is 61.5 cm³/mol. The van der Waals surface area contributed by atoms with Crippen molar-refractivity contribution in [3.63, 3.8) is 0 Å². The molecule has 2 heteroatoms. The van der Waals surface area contributed by atoms with E-state index in [1.54, 1.807) is 0 Å². The van der Waals surface area contributed by atoms with Crippen LogP contribution in [0.25, 0.3) is 0 Å². The summed E-state index contributed by atoms with van der Waals surface area (Å²) in [7, 11) is 5.75. The van der Waals surface area contributed by atoms with Gasteiger partial charge in [-0.3, -0.25) is 4.99 Å². The third kappa shape index (κ3) is 9.39. The first-order valence-corrected chi connectivity index (χ1v) is 4.65. The molecular weight excluding hydrogens is 157 g/mol. The molecule has 0 N–H and O–H groups in total. The number of rotatable bonds is 2. The van der Waals surface area contributed by atoms with E-state index in [9.17, 15) is 0 Å². The standard InChI is InChI=1S/C11H20BN/c1-9(13-11(5,6)12)7-8-10(2,3)4/h7-8H,1-6H3/b8-7-,13-9?. The second-order valence-corrected chi connectivity index (χ2v) is 5.11. The van der Waals surface area contributed by atoms with E-state index >= 15 is 0 Å². The van der Waals surface area contributed by atoms with Gasteiger partial charge in [-0.25, -0.2) is 0 Å². The Labute approximate surface area is 83.7 Å². The maximum absolute atomic E-state index is 5.75. The zero-order valence-electron chi connectivity index (χ0n) is 9.68. The zero-order chi connectivity index (χ0) is 10.7. The topological polar surface area (TPSA) is 12.4 Å². The van der Waals surface area contributed by atoms with Crippen LogP contribution < -0.4 is 0 Å². The third-order valence-corrected chi connectivity index (χ3v) is 1.29. The van der Waals surface area contributed by atoms with Crippen LogP contribution in [0, 0.1) is 5.41 Å². The van der Waals surface area contributed by atoms with Gasteiger partial charge in [0.25, 0.3) is 0 Å². The lowest BCUT2D eigenvalue weighted by Gasteiger charge is -2.14. The highest BCUT2D eigenvalue weighted by molar-refractivity contribution is 6.16. The Morgan fingerprint density at radius 2 is 1.62 bits per heavy atom. The highest BCUT2D eigenvalue weighted by atomic mass is 14.8. The Kier molecular flexibility index (Phi) is 3.96. The first-order valence-electron chi connectivity index (χ1n) is 4.65. The van der Waals surface area contributed by atoms with Crippen molar-refractivity contribution in [1.82, 2.24) is 0 Å². The van der Waals surface area contributed by atoms with Crippen molar-refractivity contribution in [2.75, 3.05) is 0 Å². The molecule has 0 spiro atoms. The Morgan fingerprint density at radius 1 is 1.15 bits per heavy atom. The van der Waals surface area contributed by atoms with Crippen molar-refractivity contribution < 1.29 is 0 Å². The van der Waals surface area contributed by atoms with Crippen LogP contribution in [0.1, 0.15) is 41.5 Å². The molecule has 0 fully saturated rings. The smallest absolute Gasteiger partial charge is 0.106 e. The highest BCUT2D eigenvalue weighted by Crippen LogP contribution is 2.14. The van der Waals surface area contributed by atoms with Crippen LogP contribution in [0.3, 0.4) is 0 Å². The van der Waals surface area contributed by atoms with E-state index in [4.69, 9.17) is 7.85 Å². The molecule has 13 heavy (non-hydrogen) atoms. The minimum Gasteiger partial charge on any atom is -0.294 e. The molecule has 0 aromatic carbocycles. The van der Waals surface area contributed by atoms with Crippen molar-refractivity contribution in [3.05, 3.63) is 12.2 Å². The quantitative estimate of drug-likeness (QED) is 0.454. The summed E-state index contributed by atoms with van der Waals surface area (Å²) >= 11 is 0. The fourth-order valence-corrected chi connectivity index (χ4v) is 0.862. The number of allylic oxidation sites excluding steroid dienone is 2. The average molecular weight is 177 g/mol. The van der Waals surface area contributed by atoms with Gasteiger partial charge in [0.15, 0.2) is 0 Å². The molecule has 0 heterocycles. The van der Waals surface area contributed by atoms with Gasteiger partial charge in [-0.05, 0) is 32.3 Å². The summed E-state index contributed by atoms with van der Waals surface area (Å²) < 4.78 is 0. The molecule has 0 saturated heterocycles. The van der Waals surface area contributed by atoms with Crippen molar-refractivity contribution in [2.45, 2.75) is 47.0 Å². The summed E-state index contributed by atoms with van der Waals surface area (Å²) in [5.74, 6) is 0. The summed E-state index contributed by atoms with van der Waals surface area (Å²) in [5.41, 5.74) is 0.712. The number of hydrogen-bond donors (Lipinski definition) is 0. The molecule has 1 nitrogen and oxygen atoms in total. The van der Waals surface area contributed by atoms with E-state index in [1.165, 1.54) is 0 Å². The molecular formula is C11H20BN. The van der Waals surface area contributed by atoms with E-state index in [-0.39, 0.29) is 5.41 Å². The van der Waals surface area contributed by atoms with Crippen molar-refractivity contribution >= 4 is 13.6 Å². The fraction of sp³-hybridized carbons (Fsp3) is 0.727. The average Bonchev–Trinajstić information content (AvgIpc) is 1.78. The second-order valence-electron chi connectivity index (χ2n) is 5.11. The molecule has 0 amide bonds. The lowest BCUT2D eigenvalue weighted by Crippen LogP contribution is -2.17. The van der Waals surface area contributed by atoms with Crippen LogP contribution >= 0.6 is 0 Å². The molecule has 0 bridgehead atoms. The molecule has 0 unspecified atom stereocenters. The van der Waals surface area contributed by atoms with Gasteiger partial charge in [0, 0.05) is 11.1 Å². The van der Waals surface area contributed by atoms with E-state index in [2.05, 4.69) is 31.8 Å². The molecule has 0 rings (SSSR count). The molecule has 0 aromatic rings. The minimum atomic E-state index is -0.466. The number of nitrogens with zero attached hydrogens (tertiary/aromatic N) is 1. The largest absolute Gasteiger partial charge is 0.294 e. The summed E-state index contributed by atoms with van der Waals surface area (Å²) in [6, 6.07) is 0. The third-order valence-electron chi connectivity index (χ3n) is 1.29.